The van der Waals surface area contributed by atoms with Crippen LogP contribution in [-0.2, 0) is 38.5 Å². The van der Waals surface area contributed by atoms with Gasteiger partial charge in [0.2, 0.25) is 0 Å². The third-order valence-corrected chi connectivity index (χ3v) is 12.6. The molecule has 0 unspecified atom stereocenters. The number of rotatable bonds is 9. The van der Waals surface area contributed by atoms with Crippen LogP contribution in [0.5, 0.6) is 0 Å². The van der Waals surface area contributed by atoms with Gasteiger partial charge in [-0.3, -0.25) is 14.6 Å². The Hall–Kier alpha value is -5.71. The van der Waals surface area contributed by atoms with Gasteiger partial charge in [0, 0.05) is 35.1 Å². The van der Waals surface area contributed by atoms with Crippen molar-refractivity contribution >= 4 is 81.6 Å². The highest BCUT2D eigenvalue weighted by Crippen LogP contribution is 2.26. The highest BCUT2D eigenvalue weighted by atomic mass is 35.7. The lowest BCUT2D eigenvalue weighted by Gasteiger charge is -2.08. The fraction of sp³-hybridized carbons (Fsp3) is 0.0698. The van der Waals surface area contributed by atoms with Gasteiger partial charge < -0.3 is 0 Å². The van der Waals surface area contributed by atoms with Gasteiger partial charge in [0.15, 0.2) is 11.6 Å². The zero-order valence-electron chi connectivity index (χ0n) is 31.1. The summed E-state index contributed by atoms with van der Waals surface area (Å²) in [6.07, 6.45) is 3.14. The number of aromatic nitrogens is 2. The first-order chi connectivity index (χ1) is 28.9. The molecule has 6 aromatic carbocycles. The molecule has 1 aliphatic rings. The van der Waals surface area contributed by atoms with Crippen molar-refractivity contribution in [3.63, 3.8) is 0 Å². The van der Waals surface area contributed by atoms with Gasteiger partial charge in [-0.05, 0) is 101 Å². The smallest absolute Gasteiger partial charge is 0.283 e. The lowest BCUT2D eigenvalue weighted by atomic mass is 9.99. The summed E-state index contributed by atoms with van der Waals surface area (Å²) < 4.78 is 101. The lowest BCUT2D eigenvalue weighted by Crippen LogP contribution is -2.14. The van der Waals surface area contributed by atoms with Gasteiger partial charge in [0.25, 0.3) is 19.1 Å². The molecule has 2 heterocycles. The average molecular weight is 929 g/mol. The van der Waals surface area contributed by atoms with Crippen LogP contribution >= 0.6 is 33.9 Å². The number of benzene rings is 6. The Morgan fingerprint density at radius 2 is 1.15 bits per heavy atom. The minimum atomic E-state index is -4.08. The highest BCUT2D eigenvalue weighted by molar-refractivity contribution is 8.13. The standard InChI is InChI=1S/C21H13ClF2N2O3S.C16H11ClFNO.C6H4ClFO2S/c22-17-2-1-3-18(24)21(17)20(27)11-13-4-5-14-12-25-26(19(14)10-13)30(28,29)16-8-6-15(23)7-9-16;17-13-2-1-3-14(18)16(13)15(20)7-10-4-5-11-8-19-9-12(11)6-10;7-11(9,10)6-3-1-5(8)2-4-6/h1-10,12H,11H2;1-6,8H,7,9H2;1-4H. The fourth-order valence-corrected chi connectivity index (χ4v) is 8.57. The molecule has 1 aromatic heterocycles. The molecule has 0 fully saturated rings. The van der Waals surface area contributed by atoms with E-state index in [0.29, 0.717) is 17.5 Å². The van der Waals surface area contributed by atoms with Crippen LogP contribution in [-0.4, -0.2) is 43.8 Å². The molecule has 61 heavy (non-hydrogen) atoms. The zero-order valence-corrected chi connectivity index (χ0v) is 35.0. The first kappa shape index (κ1) is 44.8. The Morgan fingerprint density at radius 1 is 0.639 bits per heavy atom. The van der Waals surface area contributed by atoms with E-state index in [1.807, 2.05) is 24.4 Å². The van der Waals surface area contributed by atoms with Crippen molar-refractivity contribution in [3.8, 4) is 0 Å². The molecule has 0 bridgehead atoms. The van der Waals surface area contributed by atoms with Gasteiger partial charge in [-0.15, -0.1) is 0 Å². The molecule has 7 aromatic rings. The normalized spacial score (nSPS) is 11.9. The molecule has 8 rings (SSSR count). The number of hydrogen-bond donors (Lipinski definition) is 0. The van der Waals surface area contributed by atoms with E-state index in [0.717, 1.165) is 75.4 Å². The molecule has 18 heteroatoms. The highest BCUT2D eigenvalue weighted by Gasteiger charge is 2.22. The van der Waals surface area contributed by atoms with Crippen LogP contribution in [0.1, 0.15) is 43.0 Å². The number of halogens is 7. The molecule has 0 atom stereocenters. The van der Waals surface area contributed by atoms with Crippen molar-refractivity contribution in [3.05, 3.63) is 194 Å². The molecular weight excluding hydrogens is 901 g/mol. The van der Waals surface area contributed by atoms with Gasteiger partial charge in [-0.25, -0.2) is 26.0 Å². The monoisotopic (exact) mass is 927 g/mol. The summed E-state index contributed by atoms with van der Waals surface area (Å²) in [6, 6.07) is 27.4. The maximum Gasteiger partial charge on any atom is 0.283 e. The van der Waals surface area contributed by atoms with Crippen LogP contribution in [0.15, 0.2) is 142 Å². The van der Waals surface area contributed by atoms with E-state index in [4.69, 9.17) is 33.9 Å². The third kappa shape index (κ3) is 10.8. The van der Waals surface area contributed by atoms with E-state index in [1.165, 1.54) is 42.6 Å². The van der Waals surface area contributed by atoms with Crippen LogP contribution in [0, 0.1) is 23.3 Å². The van der Waals surface area contributed by atoms with E-state index < -0.39 is 48.1 Å². The summed E-state index contributed by atoms with van der Waals surface area (Å²) in [5.41, 5.74) is 3.46. The summed E-state index contributed by atoms with van der Waals surface area (Å²) in [5.74, 6) is -3.21. The van der Waals surface area contributed by atoms with Gasteiger partial charge in [-0.1, -0.05) is 65.7 Å². The molecule has 1 aliphatic heterocycles. The summed E-state index contributed by atoms with van der Waals surface area (Å²) in [5, 5.41) is 4.63. The average Bonchev–Trinajstić information content (AvgIpc) is 3.86. The van der Waals surface area contributed by atoms with Crippen molar-refractivity contribution in [2.75, 3.05) is 0 Å². The first-order valence-corrected chi connectivity index (χ1v) is 22.2. The number of nitrogens with zero attached hydrogens (tertiary/aromatic N) is 3. The maximum absolute atomic E-state index is 14.0. The quantitative estimate of drug-likeness (QED) is 0.0800. The van der Waals surface area contributed by atoms with Crippen LogP contribution < -0.4 is 0 Å². The summed E-state index contributed by atoms with van der Waals surface area (Å²) >= 11 is 11.9. The van der Waals surface area contributed by atoms with Crippen molar-refractivity contribution in [1.82, 2.24) is 9.19 Å². The predicted octanol–water partition coefficient (Wildman–Crippen LogP) is 10.2. The minimum Gasteiger partial charge on any atom is -0.294 e. The van der Waals surface area contributed by atoms with E-state index in [1.54, 1.807) is 12.1 Å². The second-order valence-electron chi connectivity index (χ2n) is 13.1. The van der Waals surface area contributed by atoms with Gasteiger partial charge in [0.05, 0.1) is 49.2 Å². The van der Waals surface area contributed by atoms with Crippen molar-refractivity contribution in [1.29, 1.82) is 0 Å². The predicted molar refractivity (Wildman–Crippen MR) is 225 cm³/mol. The van der Waals surface area contributed by atoms with Crippen LogP contribution in [0.3, 0.4) is 0 Å². The lowest BCUT2D eigenvalue weighted by molar-refractivity contribution is 0.0980. The topological polar surface area (TPSA) is 133 Å². The number of carbonyl (C=O) groups excluding carboxylic acids is 2. The molecule has 0 saturated heterocycles. The van der Waals surface area contributed by atoms with Crippen molar-refractivity contribution in [2.24, 2.45) is 4.99 Å². The largest absolute Gasteiger partial charge is 0.294 e. The molecule has 0 aliphatic carbocycles. The van der Waals surface area contributed by atoms with Gasteiger partial charge in [-0.2, -0.15) is 17.6 Å². The molecule has 0 amide bonds. The van der Waals surface area contributed by atoms with E-state index in [-0.39, 0.29) is 55.1 Å². The van der Waals surface area contributed by atoms with Crippen LogP contribution in [0.25, 0.3) is 10.9 Å². The SMILES string of the molecule is O=C(Cc1ccc2c(c1)CN=C2)c1c(F)cccc1Cl.O=C(Cc1ccc2cnn(S(=O)(=O)c3ccc(F)cc3)c2c1)c1c(F)cccc1Cl.O=S(=O)(Cl)c1ccc(F)cc1. The van der Waals surface area contributed by atoms with Gasteiger partial charge >= 0.3 is 0 Å². The Morgan fingerprint density at radius 3 is 1.67 bits per heavy atom. The molecule has 0 spiro atoms. The Kier molecular flexibility index (Phi) is 13.9. The summed E-state index contributed by atoms with van der Waals surface area (Å²) in [6.45, 7) is 0.637. The molecule has 9 nitrogen and oxygen atoms in total. The fourth-order valence-electron chi connectivity index (χ4n) is 6.00. The number of carbonyl (C=O) groups is 2. The van der Waals surface area contributed by atoms with Crippen LogP contribution in [0.4, 0.5) is 17.6 Å². The minimum absolute atomic E-state index is 0.00464. The number of ketones is 2. The second kappa shape index (κ2) is 18.9. The Labute approximate surface area is 361 Å². The Balaban J connectivity index is 0.000000172. The van der Waals surface area contributed by atoms with Crippen molar-refractivity contribution in [2.45, 2.75) is 29.2 Å². The van der Waals surface area contributed by atoms with E-state index in [9.17, 15) is 44.0 Å². The molecule has 0 radical (unpaired) electrons. The first-order valence-electron chi connectivity index (χ1n) is 17.7. The van der Waals surface area contributed by atoms with Crippen molar-refractivity contribution < 1.29 is 44.0 Å². The molecular formula is C43H28Cl3F4N3O6S2. The molecule has 0 saturated carbocycles. The van der Waals surface area contributed by atoms with Gasteiger partial charge in [0.1, 0.15) is 23.3 Å². The van der Waals surface area contributed by atoms with Crippen LogP contribution in [0.2, 0.25) is 10.0 Å². The summed E-state index contributed by atoms with van der Waals surface area (Å²) in [7, 11) is -2.83. The second-order valence-corrected chi connectivity index (χ2v) is 18.3. The maximum atomic E-state index is 14.0. The van der Waals surface area contributed by atoms with E-state index >= 15 is 0 Å². The molecule has 312 valence electrons. The Bertz CT molecular complexity index is 3020. The zero-order chi connectivity index (χ0) is 44.1. The van der Waals surface area contributed by atoms with E-state index in [2.05, 4.69) is 10.1 Å². The summed E-state index contributed by atoms with van der Waals surface area (Å²) in [4.78, 5) is 28.7. The number of hydrogen-bond acceptors (Lipinski definition) is 8. The third-order valence-electron chi connectivity index (χ3n) is 8.95. The molecule has 0 N–H and O–H groups in total. The number of fused-ring (bicyclic) bond motifs is 2. The number of aliphatic imine (C=N–C) groups is 1. The number of Topliss-reactive ketones (excluding diaryl/α,β-unsaturated/α-hetero) is 2.